The highest BCUT2D eigenvalue weighted by Crippen LogP contribution is 2.24. The molecule has 1 atom stereocenters. The fraction of sp³-hybridized carbons (Fsp3) is 0.417. The van der Waals surface area contributed by atoms with Gasteiger partial charge in [0, 0.05) is 17.1 Å². The molecule has 1 saturated heterocycles. The van der Waals surface area contributed by atoms with E-state index in [1.54, 1.807) is 0 Å². The fourth-order valence-electron chi connectivity index (χ4n) is 2.17. The Kier molecular flexibility index (Phi) is 4.48. The number of carboxylic acids is 1. The van der Waals surface area contributed by atoms with Crippen molar-refractivity contribution in [3.05, 3.63) is 28.2 Å². The second kappa shape index (κ2) is 5.80. The molecule has 0 aliphatic carbocycles. The Balaban J connectivity index is 2.23. The van der Waals surface area contributed by atoms with E-state index < -0.39 is 16.0 Å². The lowest BCUT2D eigenvalue weighted by Gasteiger charge is -2.14. The fourth-order valence-corrected chi connectivity index (χ4v) is 4.51. The van der Waals surface area contributed by atoms with Crippen LogP contribution in [0.3, 0.4) is 0 Å². The number of nitrogens with one attached hydrogen (secondary N) is 1. The zero-order valence-corrected chi connectivity index (χ0v) is 13.2. The molecule has 2 N–H and O–H groups in total. The van der Waals surface area contributed by atoms with E-state index in [0.717, 1.165) is 13.0 Å². The van der Waals surface area contributed by atoms with Gasteiger partial charge >= 0.3 is 5.97 Å². The first kappa shape index (κ1) is 15.4. The number of rotatable bonds is 4. The van der Waals surface area contributed by atoms with Gasteiger partial charge in [0.25, 0.3) is 0 Å². The zero-order chi connectivity index (χ0) is 14.9. The number of halogens is 1. The minimum atomic E-state index is -3.66. The monoisotopic (exact) mass is 362 g/mol. The summed E-state index contributed by atoms with van der Waals surface area (Å²) in [4.78, 5) is 12.9. The van der Waals surface area contributed by atoms with Gasteiger partial charge in [-0.2, -0.15) is 0 Å². The molecular weight excluding hydrogens is 348 g/mol. The van der Waals surface area contributed by atoms with Gasteiger partial charge < -0.3 is 10.0 Å². The Morgan fingerprint density at radius 1 is 1.50 bits per heavy atom. The molecule has 20 heavy (non-hydrogen) atoms. The summed E-state index contributed by atoms with van der Waals surface area (Å²) >= 11 is 3.12. The van der Waals surface area contributed by atoms with Crippen molar-refractivity contribution in [2.24, 2.45) is 0 Å². The average molecular weight is 363 g/mol. The quantitative estimate of drug-likeness (QED) is 0.838. The maximum atomic E-state index is 12.3. The molecule has 6 nitrogen and oxygen atoms in total. The zero-order valence-electron chi connectivity index (χ0n) is 10.8. The molecule has 0 radical (unpaired) electrons. The third-order valence-electron chi connectivity index (χ3n) is 3.18. The van der Waals surface area contributed by atoms with Crippen LogP contribution in [0.2, 0.25) is 0 Å². The van der Waals surface area contributed by atoms with E-state index in [1.807, 2.05) is 7.05 Å². The van der Waals surface area contributed by atoms with E-state index in [9.17, 15) is 13.2 Å². The van der Waals surface area contributed by atoms with Crippen molar-refractivity contribution in [2.45, 2.75) is 17.4 Å². The second-order valence-corrected chi connectivity index (χ2v) is 7.36. The van der Waals surface area contributed by atoms with Crippen LogP contribution in [0.1, 0.15) is 16.8 Å². The summed E-state index contributed by atoms with van der Waals surface area (Å²) in [6.07, 6.45) is 0.764. The van der Waals surface area contributed by atoms with Crippen LogP contribution in [0, 0.1) is 0 Å². The second-order valence-electron chi connectivity index (χ2n) is 4.82. The number of hydrogen-bond donors (Lipinski definition) is 2. The van der Waals surface area contributed by atoms with E-state index >= 15 is 0 Å². The van der Waals surface area contributed by atoms with Gasteiger partial charge in [0.15, 0.2) is 0 Å². The number of nitrogens with zero attached hydrogens (tertiary/aromatic N) is 1. The molecule has 8 heteroatoms. The Labute approximate surface area is 126 Å². The van der Waals surface area contributed by atoms with Crippen LogP contribution in [0.5, 0.6) is 0 Å². The first-order valence-electron chi connectivity index (χ1n) is 6.03. The first-order valence-corrected chi connectivity index (χ1v) is 8.31. The van der Waals surface area contributed by atoms with Crippen molar-refractivity contribution in [2.75, 3.05) is 20.1 Å². The average Bonchev–Trinajstić information content (AvgIpc) is 2.73. The predicted octanol–water partition coefficient (Wildman–Crippen LogP) is 1.13. The predicted molar refractivity (Wildman–Crippen MR) is 77.3 cm³/mol. The maximum absolute atomic E-state index is 12.3. The van der Waals surface area contributed by atoms with Crippen molar-refractivity contribution in [1.82, 2.24) is 9.62 Å². The molecule has 1 unspecified atom stereocenters. The molecule has 1 heterocycles. The van der Waals surface area contributed by atoms with Crippen LogP contribution >= 0.6 is 15.9 Å². The van der Waals surface area contributed by atoms with Gasteiger partial charge in [-0.1, -0.05) is 0 Å². The Morgan fingerprint density at radius 2 is 2.20 bits per heavy atom. The van der Waals surface area contributed by atoms with E-state index in [4.69, 9.17) is 5.11 Å². The van der Waals surface area contributed by atoms with Crippen molar-refractivity contribution < 1.29 is 18.3 Å². The van der Waals surface area contributed by atoms with Gasteiger partial charge in [0.2, 0.25) is 10.0 Å². The molecular formula is C12H15BrN2O4S. The van der Waals surface area contributed by atoms with E-state index in [2.05, 4.69) is 25.6 Å². The summed E-state index contributed by atoms with van der Waals surface area (Å²) in [6.45, 7) is 1.52. The molecule has 110 valence electrons. The largest absolute Gasteiger partial charge is 0.478 e. The smallest absolute Gasteiger partial charge is 0.335 e. The number of benzene rings is 1. The number of hydrogen-bond acceptors (Lipinski definition) is 4. The molecule has 1 aromatic carbocycles. The molecule has 2 rings (SSSR count). The number of aromatic carboxylic acids is 1. The molecule has 0 saturated carbocycles. The van der Waals surface area contributed by atoms with Crippen LogP contribution in [0.15, 0.2) is 27.6 Å². The van der Waals surface area contributed by atoms with Crippen LogP contribution in [0.4, 0.5) is 0 Å². The van der Waals surface area contributed by atoms with E-state index in [-0.39, 0.29) is 21.0 Å². The van der Waals surface area contributed by atoms with Crippen LogP contribution in [0.25, 0.3) is 0 Å². The Bertz CT molecular complexity index is 632. The summed E-state index contributed by atoms with van der Waals surface area (Å²) in [5.41, 5.74) is 0.0384. The van der Waals surface area contributed by atoms with Gasteiger partial charge in [-0.15, -0.1) is 0 Å². The molecule has 1 aliphatic heterocycles. The highest BCUT2D eigenvalue weighted by Gasteiger charge is 2.27. The number of carbonyl (C=O) groups is 1. The van der Waals surface area contributed by atoms with Crippen LogP contribution in [-0.4, -0.2) is 50.6 Å². The Hall–Kier alpha value is -0.960. The lowest BCUT2D eigenvalue weighted by atomic mass is 10.2. The van der Waals surface area contributed by atoms with E-state index in [1.165, 1.54) is 18.2 Å². The topological polar surface area (TPSA) is 86.7 Å². The maximum Gasteiger partial charge on any atom is 0.335 e. The molecule has 0 bridgehead atoms. The van der Waals surface area contributed by atoms with Crippen LogP contribution < -0.4 is 4.72 Å². The first-order chi connectivity index (χ1) is 9.29. The molecule has 0 spiro atoms. The SMILES string of the molecule is CN1CCC(NS(=O)(=O)c2ccc(C(=O)O)cc2Br)C1. The third kappa shape index (κ3) is 3.38. The van der Waals surface area contributed by atoms with Crippen LogP contribution in [-0.2, 0) is 10.0 Å². The Morgan fingerprint density at radius 3 is 2.70 bits per heavy atom. The number of carboxylic acid groups (broad SMARTS) is 1. The highest BCUT2D eigenvalue weighted by atomic mass is 79.9. The molecule has 1 aliphatic rings. The summed E-state index contributed by atoms with van der Waals surface area (Å²) in [6, 6.07) is 3.75. The normalized spacial score (nSPS) is 20.2. The van der Waals surface area contributed by atoms with Crippen molar-refractivity contribution in [3.8, 4) is 0 Å². The minimum absolute atomic E-state index is 0.0384. The lowest BCUT2D eigenvalue weighted by molar-refractivity contribution is 0.0696. The lowest BCUT2D eigenvalue weighted by Crippen LogP contribution is -2.36. The number of sulfonamides is 1. The highest BCUT2D eigenvalue weighted by molar-refractivity contribution is 9.10. The summed E-state index contributed by atoms with van der Waals surface area (Å²) < 4.78 is 27.5. The summed E-state index contributed by atoms with van der Waals surface area (Å²) in [5, 5.41) is 8.87. The summed E-state index contributed by atoms with van der Waals surface area (Å²) in [5.74, 6) is -1.10. The van der Waals surface area contributed by atoms with Crippen molar-refractivity contribution in [1.29, 1.82) is 0 Å². The van der Waals surface area contributed by atoms with Gasteiger partial charge in [0.1, 0.15) is 0 Å². The molecule has 0 amide bonds. The van der Waals surface area contributed by atoms with Gasteiger partial charge in [-0.25, -0.2) is 17.9 Å². The standard InChI is InChI=1S/C12H15BrN2O4S/c1-15-5-4-9(7-15)14-20(18,19)11-3-2-8(12(16)17)6-10(11)13/h2-3,6,9,14H,4-5,7H2,1H3,(H,16,17). The van der Waals surface area contributed by atoms with Gasteiger partial charge in [0.05, 0.1) is 10.5 Å². The minimum Gasteiger partial charge on any atom is -0.478 e. The van der Waals surface area contributed by atoms with Gasteiger partial charge in [-0.3, -0.25) is 0 Å². The van der Waals surface area contributed by atoms with E-state index in [0.29, 0.717) is 6.54 Å². The third-order valence-corrected chi connectivity index (χ3v) is 5.68. The van der Waals surface area contributed by atoms with Crippen molar-refractivity contribution >= 4 is 31.9 Å². The summed E-state index contributed by atoms with van der Waals surface area (Å²) in [7, 11) is -1.72. The van der Waals surface area contributed by atoms with Gasteiger partial charge in [-0.05, 0) is 54.1 Å². The molecule has 1 fully saturated rings. The number of likely N-dealkylation sites (tertiary alicyclic amines) is 1. The number of likely N-dealkylation sites (N-methyl/N-ethyl adjacent to an activating group) is 1. The molecule has 0 aromatic heterocycles. The molecule has 1 aromatic rings. The van der Waals surface area contributed by atoms with Crippen molar-refractivity contribution in [3.63, 3.8) is 0 Å².